The SMILES string of the molecule is CCC(=O)CCC(SSC(C)(C)CCC(=O)N(C)[C@@H](C)C(=O)O[C@H]1CC(=O)N(C)c2cc(cc(C)c2Cl)C/C(C)=C/C=C/[C@@H](C)[C@@]2(O)CC(OC(=O)N2)[C@@H](C)[C@@H]2O[C@@]12C)S(=O)(=O)O. The predicted octanol–water partition coefficient (Wildman–Crippen LogP) is 7.35. The second kappa shape index (κ2) is 21.0. The standard InChI is InChI=1S/C44H64ClN3O12S3/c1-12-31(49)16-17-37(63(55,56)57)61-62-42(7,8)19-18-35(50)47(10)29(6)40(52)59-34-23-36(51)48(11)32-22-30(21-26(3)38(32)45)20-25(2)14-13-15-27(4)44(54)24-33(58-41(53)46-44)28(5)39-43(34,9)60-39/h13-15,21-22,27-29,33-34,37,39,54H,12,16-20,23-24H2,1-11H3,(H,46,53)(H,55,56,57)/b15-13+,25-14+/t27-,28-,29+,33?,34+,37?,39+,43+,44+/m1/s1. The van der Waals surface area contributed by atoms with Gasteiger partial charge in [-0.3, -0.25) is 24.3 Å². The molecule has 63 heavy (non-hydrogen) atoms. The predicted molar refractivity (Wildman–Crippen MR) is 246 cm³/mol. The van der Waals surface area contributed by atoms with E-state index in [1.807, 2.05) is 58.1 Å². The number of benzene rings is 1. The number of carbonyl (C=O) groups is 5. The number of epoxide rings is 1. The monoisotopic (exact) mass is 957 g/mol. The molecule has 0 saturated carbocycles. The van der Waals surface area contributed by atoms with Crippen LogP contribution in [0.25, 0.3) is 0 Å². The number of nitrogens with one attached hydrogen (secondary N) is 1. The number of carbonyl (C=O) groups excluding carboxylic acids is 5. The molecule has 4 bridgehead atoms. The molecule has 0 aliphatic carbocycles. The van der Waals surface area contributed by atoms with E-state index in [0.29, 0.717) is 17.1 Å². The number of aliphatic hydroxyl groups is 1. The summed E-state index contributed by atoms with van der Waals surface area (Å²) in [6.45, 7) is 16.0. The van der Waals surface area contributed by atoms with Crippen molar-refractivity contribution in [3.8, 4) is 0 Å². The maximum atomic E-state index is 14.2. The fraction of sp³-hybridized carbons (Fsp3) is 0.659. The molecule has 3 heterocycles. The van der Waals surface area contributed by atoms with Crippen molar-refractivity contribution in [2.45, 2.75) is 159 Å². The zero-order valence-electron chi connectivity index (χ0n) is 38.1. The number of esters is 1. The van der Waals surface area contributed by atoms with Crippen molar-refractivity contribution in [1.82, 2.24) is 10.2 Å². The topological polar surface area (TPSA) is 209 Å². The molecule has 2 saturated heterocycles. The van der Waals surface area contributed by atoms with Crippen LogP contribution < -0.4 is 10.2 Å². The lowest BCUT2D eigenvalue weighted by Crippen LogP contribution is -2.60. The van der Waals surface area contributed by atoms with Crippen LogP contribution in [0.4, 0.5) is 10.5 Å². The molecular weight excluding hydrogens is 894 g/mol. The number of amides is 3. The molecule has 4 rings (SSSR count). The van der Waals surface area contributed by atoms with E-state index in [1.165, 1.54) is 34.6 Å². The third-order valence-electron chi connectivity index (χ3n) is 12.4. The lowest BCUT2D eigenvalue weighted by molar-refractivity contribution is -0.162. The molecule has 3 aliphatic rings. The van der Waals surface area contributed by atoms with Crippen molar-refractivity contribution in [3.05, 3.63) is 52.1 Å². The first-order chi connectivity index (χ1) is 29.1. The lowest BCUT2D eigenvalue weighted by atomic mass is 9.82. The van der Waals surface area contributed by atoms with E-state index < -0.39 is 90.8 Å². The van der Waals surface area contributed by atoms with E-state index in [2.05, 4.69) is 5.32 Å². The van der Waals surface area contributed by atoms with Gasteiger partial charge in [-0.05, 0) is 78.0 Å². The Morgan fingerprint density at radius 1 is 1.17 bits per heavy atom. The first-order valence-electron chi connectivity index (χ1n) is 21.2. The molecule has 3 amide bonds. The number of allylic oxidation sites excluding steroid dienone is 3. The van der Waals surface area contributed by atoms with Crippen LogP contribution in [0.3, 0.4) is 0 Å². The van der Waals surface area contributed by atoms with Crippen LogP contribution in [0.1, 0.15) is 111 Å². The van der Waals surface area contributed by atoms with E-state index >= 15 is 0 Å². The van der Waals surface area contributed by atoms with Gasteiger partial charge in [-0.1, -0.05) is 83.8 Å². The van der Waals surface area contributed by atoms with Gasteiger partial charge < -0.3 is 29.1 Å². The summed E-state index contributed by atoms with van der Waals surface area (Å²) >= 11 is 6.80. The lowest BCUT2D eigenvalue weighted by Gasteiger charge is -2.41. The minimum absolute atomic E-state index is 0.0118. The second-order valence-corrected chi connectivity index (χ2v) is 23.4. The van der Waals surface area contributed by atoms with Crippen LogP contribution in [0.2, 0.25) is 5.02 Å². The number of nitrogens with zero attached hydrogens (tertiary/aromatic N) is 2. The summed E-state index contributed by atoms with van der Waals surface area (Å²) < 4.78 is 50.1. The smallest absolute Gasteiger partial charge is 0.409 e. The quantitative estimate of drug-likeness (QED) is 0.0721. The summed E-state index contributed by atoms with van der Waals surface area (Å²) in [6.07, 6.45) is 2.83. The highest BCUT2D eigenvalue weighted by Gasteiger charge is 2.64. The number of halogens is 1. The van der Waals surface area contributed by atoms with Crippen molar-refractivity contribution in [3.63, 3.8) is 0 Å². The summed E-state index contributed by atoms with van der Waals surface area (Å²) in [6, 6.07) is 2.68. The van der Waals surface area contributed by atoms with E-state index in [-0.39, 0.29) is 50.7 Å². The van der Waals surface area contributed by atoms with Gasteiger partial charge in [0.05, 0.1) is 23.2 Å². The van der Waals surface area contributed by atoms with Gasteiger partial charge in [0.15, 0.2) is 0 Å². The Morgan fingerprint density at radius 2 is 1.84 bits per heavy atom. The van der Waals surface area contributed by atoms with E-state index in [4.69, 9.17) is 25.8 Å². The van der Waals surface area contributed by atoms with Crippen LogP contribution in [-0.2, 0) is 49.9 Å². The van der Waals surface area contributed by atoms with Crippen molar-refractivity contribution < 1.29 is 56.3 Å². The molecule has 0 spiro atoms. The van der Waals surface area contributed by atoms with E-state index in [1.54, 1.807) is 34.7 Å². The van der Waals surface area contributed by atoms with Crippen LogP contribution in [0.5, 0.6) is 0 Å². The normalized spacial score (nSPS) is 29.2. The number of hydrogen-bond donors (Lipinski definition) is 3. The summed E-state index contributed by atoms with van der Waals surface area (Å²) in [5.41, 5.74) is 0.225. The van der Waals surface area contributed by atoms with Crippen molar-refractivity contribution in [2.24, 2.45) is 11.8 Å². The molecule has 3 aliphatic heterocycles. The number of aryl methyl sites for hydroxylation is 1. The fourth-order valence-corrected chi connectivity index (χ4v) is 12.4. The van der Waals surface area contributed by atoms with Gasteiger partial charge in [0, 0.05) is 56.4 Å². The average molecular weight is 959 g/mol. The molecule has 0 aromatic heterocycles. The number of ether oxygens (including phenoxy) is 3. The van der Waals surface area contributed by atoms with Crippen molar-refractivity contribution >= 4 is 78.7 Å². The zero-order chi connectivity index (χ0) is 47.4. The van der Waals surface area contributed by atoms with Gasteiger partial charge in [0.25, 0.3) is 10.1 Å². The molecule has 352 valence electrons. The van der Waals surface area contributed by atoms with Gasteiger partial charge >= 0.3 is 12.1 Å². The second-order valence-electron chi connectivity index (χ2n) is 18.0. The number of alkyl carbamates (subject to hydrolysis) is 1. The Morgan fingerprint density at radius 3 is 2.48 bits per heavy atom. The van der Waals surface area contributed by atoms with Gasteiger partial charge in [-0.15, -0.1) is 0 Å². The third-order valence-corrected chi connectivity index (χ3v) is 18.7. The number of anilines is 1. The Bertz CT molecular complexity index is 2080. The molecule has 2 unspecified atom stereocenters. The van der Waals surface area contributed by atoms with Crippen molar-refractivity contribution in [1.29, 1.82) is 0 Å². The van der Waals surface area contributed by atoms with Crippen LogP contribution in [0.15, 0.2) is 35.9 Å². The molecule has 2 fully saturated rings. The molecule has 19 heteroatoms. The number of likely N-dealkylation sites (N-methyl/N-ethyl adjacent to an activating group) is 1. The first kappa shape index (κ1) is 52.5. The molecule has 1 aromatic carbocycles. The molecule has 15 nitrogen and oxygen atoms in total. The molecule has 9 atom stereocenters. The summed E-state index contributed by atoms with van der Waals surface area (Å²) in [5, 5.41) is 14.7. The Kier molecular flexibility index (Phi) is 17.5. The highest BCUT2D eigenvalue weighted by molar-refractivity contribution is 8.78. The van der Waals surface area contributed by atoms with E-state index in [0.717, 1.165) is 27.5 Å². The molecular formula is C44H64ClN3O12S3. The van der Waals surface area contributed by atoms with Gasteiger partial charge in [0.2, 0.25) is 11.8 Å². The molecule has 3 N–H and O–H groups in total. The summed E-state index contributed by atoms with van der Waals surface area (Å²) in [4.78, 5) is 69.2. The maximum Gasteiger partial charge on any atom is 0.409 e. The number of fused-ring (bicyclic) bond motifs is 5. The minimum Gasteiger partial charge on any atom is -0.457 e. The highest BCUT2D eigenvalue weighted by Crippen LogP contribution is 2.49. The zero-order valence-corrected chi connectivity index (χ0v) is 41.3. The minimum atomic E-state index is -4.44. The maximum absolute atomic E-state index is 14.2. The van der Waals surface area contributed by atoms with Crippen LogP contribution >= 0.6 is 33.2 Å². The fourth-order valence-electron chi connectivity index (χ4n) is 7.67. The molecule has 0 radical (unpaired) electrons. The highest BCUT2D eigenvalue weighted by atomic mass is 35.5. The summed E-state index contributed by atoms with van der Waals surface area (Å²) in [5.74, 6) is -2.78. The number of ketones is 1. The van der Waals surface area contributed by atoms with Crippen molar-refractivity contribution in [2.75, 3.05) is 19.0 Å². The Hall–Kier alpha value is -3.13. The largest absolute Gasteiger partial charge is 0.457 e. The Labute approximate surface area is 384 Å². The van der Waals surface area contributed by atoms with E-state index in [9.17, 15) is 42.0 Å². The number of hydrogen-bond acceptors (Lipinski definition) is 13. The third kappa shape index (κ3) is 13.5. The van der Waals surface area contributed by atoms with Crippen LogP contribution in [-0.4, -0.2) is 112 Å². The summed E-state index contributed by atoms with van der Waals surface area (Å²) in [7, 11) is 0.727. The molecule has 1 aromatic rings. The number of Topliss-reactive ketones (excluding diaryl/α,β-unsaturated/α-hetero) is 1. The first-order valence-corrected chi connectivity index (χ1v) is 25.3. The van der Waals surface area contributed by atoms with Gasteiger partial charge in [0.1, 0.15) is 39.9 Å². The Balaban J connectivity index is 1.57. The van der Waals surface area contributed by atoms with Crippen LogP contribution in [0, 0.1) is 18.8 Å². The number of rotatable bonds is 14. The van der Waals surface area contributed by atoms with Gasteiger partial charge in [-0.2, -0.15) is 8.42 Å². The van der Waals surface area contributed by atoms with Gasteiger partial charge in [-0.25, -0.2) is 9.59 Å². The average Bonchev–Trinajstić information content (AvgIpc) is 3.90.